The van der Waals surface area contributed by atoms with E-state index in [0.717, 1.165) is 43.0 Å². The van der Waals surface area contributed by atoms with Crippen molar-refractivity contribution < 1.29 is 0 Å². The quantitative estimate of drug-likeness (QED) is 0.780. The molecular formula is C11H15N3OS. The van der Waals surface area contributed by atoms with Crippen molar-refractivity contribution in [2.45, 2.75) is 30.9 Å². The first kappa shape index (κ1) is 10.2. The Bertz CT molecular complexity index is 451. The SMILES string of the molecule is O=c1[nH]c(C2CCCS2)nc2c1CCCN2. The molecule has 1 unspecified atom stereocenters. The van der Waals surface area contributed by atoms with Gasteiger partial charge in [-0.15, -0.1) is 0 Å². The molecule has 2 N–H and O–H groups in total. The molecule has 3 rings (SSSR count). The molecule has 0 bridgehead atoms. The Morgan fingerprint density at radius 3 is 3.12 bits per heavy atom. The number of aromatic amines is 1. The van der Waals surface area contributed by atoms with Crippen molar-refractivity contribution in [3.05, 3.63) is 21.7 Å². The monoisotopic (exact) mass is 237 g/mol. The van der Waals surface area contributed by atoms with E-state index in [4.69, 9.17) is 0 Å². The Hall–Kier alpha value is -0.970. The van der Waals surface area contributed by atoms with Gasteiger partial charge in [-0.25, -0.2) is 4.98 Å². The number of aromatic nitrogens is 2. The highest BCUT2D eigenvalue weighted by Gasteiger charge is 2.23. The first-order valence-electron chi connectivity index (χ1n) is 5.83. The van der Waals surface area contributed by atoms with Gasteiger partial charge in [0.25, 0.3) is 5.56 Å². The normalized spacial score (nSPS) is 23.9. The smallest absolute Gasteiger partial charge is 0.256 e. The Morgan fingerprint density at radius 1 is 1.38 bits per heavy atom. The van der Waals surface area contributed by atoms with Gasteiger partial charge in [-0.3, -0.25) is 4.79 Å². The van der Waals surface area contributed by atoms with Gasteiger partial charge in [0.2, 0.25) is 0 Å². The first-order chi connectivity index (χ1) is 7.84. The molecule has 2 aliphatic heterocycles. The van der Waals surface area contributed by atoms with Crippen molar-refractivity contribution in [1.29, 1.82) is 0 Å². The van der Waals surface area contributed by atoms with Gasteiger partial charge >= 0.3 is 0 Å². The zero-order valence-electron chi connectivity index (χ0n) is 9.08. The molecule has 1 saturated heterocycles. The van der Waals surface area contributed by atoms with Crippen molar-refractivity contribution in [1.82, 2.24) is 9.97 Å². The second-order valence-electron chi connectivity index (χ2n) is 4.31. The lowest BCUT2D eigenvalue weighted by Gasteiger charge is -2.18. The van der Waals surface area contributed by atoms with Gasteiger partial charge < -0.3 is 10.3 Å². The van der Waals surface area contributed by atoms with E-state index >= 15 is 0 Å². The van der Waals surface area contributed by atoms with Gasteiger partial charge in [-0.2, -0.15) is 11.8 Å². The van der Waals surface area contributed by atoms with Crippen LogP contribution in [0.3, 0.4) is 0 Å². The van der Waals surface area contributed by atoms with E-state index in [0.29, 0.717) is 5.25 Å². The summed E-state index contributed by atoms with van der Waals surface area (Å²) in [4.78, 5) is 19.4. The number of thioether (sulfide) groups is 1. The summed E-state index contributed by atoms with van der Waals surface area (Å²) in [6, 6.07) is 0. The largest absolute Gasteiger partial charge is 0.370 e. The van der Waals surface area contributed by atoms with Gasteiger partial charge in [0.1, 0.15) is 11.6 Å². The molecule has 0 amide bonds. The van der Waals surface area contributed by atoms with E-state index in [1.54, 1.807) is 0 Å². The Kier molecular flexibility index (Phi) is 2.63. The second kappa shape index (κ2) is 4.13. The third-order valence-corrected chi connectivity index (χ3v) is 4.55. The van der Waals surface area contributed by atoms with Crippen LogP contribution >= 0.6 is 11.8 Å². The van der Waals surface area contributed by atoms with Crippen LogP contribution in [-0.2, 0) is 6.42 Å². The maximum atomic E-state index is 11.9. The van der Waals surface area contributed by atoms with Gasteiger partial charge in [-0.05, 0) is 31.4 Å². The molecule has 0 spiro atoms. The maximum Gasteiger partial charge on any atom is 0.256 e. The van der Waals surface area contributed by atoms with E-state index < -0.39 is 0 Å². The summed E-state index contributed by atoms with van der Waals surface area (Å²) in [5.74, 6) is 2.86. The number of nitrogens with one attached hydrogen (secondary N) is 2. The number of anilines is 1. The highest BCUT2D eigenvalue weighted by atomic mass is 32.2. The molecule has 0 aromatic carbocycles. The highest BCUT2D eigenvalue weighted by Crippen LogP contribution is 2.38. The molecule has 0 aliphatic carbocycles. The van der Waals surface area contributed by atoms with Gasteiger partial charge in [0, 0.05) is 6.54 Å². The molecule has 1 atom stereocenters. The van der Waals surface area contributed by atoms with Crippen LogP contribution in [0.25, 0.3) is 0 Å². The lowest BCUT2D eigenvalue weighted by Crippen LogP contribution is -2.25. The molecule has 86 valence electrons. The third kappa shape index (κ3) is 1.73. The number of nitrogens with zero attached hydrogens (tertiary/aromatic N) is 1. The van der Waals surface area contributed by atoms with Crippen LogP contribution in [0, 0.1) is 0 Å². The minimum absolute atomic E-state index is 0.0553. The Balaban J connectivity index is 2.01. The lowest BCUT2D eigenvalue weighted by molar-refractivity contribution is 0.742. The van der Waals surface area contributed by atoms with Crippen molar-refractivity contribution in [3.8, 4) is 0 Å². The average molecular weight is 237 g/mol. The summed E-state index contributed by atoms with van der Waals surface area (Å²) in [5, 5.41) is 3.62. The van der Waals surface area contributed by atoms with Crippen LogP contribution < -0.4 is 10.9 Å². The number of fused-ring (bicyclic) bond motifs is 1. The predicted octanol–water partition coefficient (Wildman–Crippen LogP) is 1.70. The van der Waals surface area contributed by atoms with Gasteiger partial charge in [0.05, 0.1) is 10.8 Å². The van der Waals surface area contributed by atoms with Crippen molar-refractivity contribution in [2.24, 2.45) is 0 Å². The van der Waals surface area contributed by atoms with Crippen molar-refractivity contribution in [2.75, 3.05) is 17.6 Å². The molecule has 5 heteroatoms. The molecular weight excluding hydrogens is 222 g/mol. The summed E-state index contributed by atoms with van der Waals surface area (Å²) in [6.07, 6.45) is 4.23. The number of hydrogen-bond donors (Lipinski definition) is 2. The average Bonchev–Trinajstić information content (AvgIpc) is 2.82. The standard InChI is InChI=1S/C11H15N3OS/c15-11-7-3-1-5-12-9(7)13-10(14-11)8-4-2-6-16-8/h8H,1-6H2,(H2,12,13,14,15). The van der Waals surface area contributed by atoms with Gasteiger partial charge in [-0.1, -0.05) is 0 Å². The van der Waals surface area contributed by atoms with Crippen molar-refractivity contribution in [3.63, 3.8) is 0 Å². The van der Waals surface area contributed by atoms with E-state index in [-0.39, 0.29) is 5.56 Å². The molecule has 0 radical (unpaired) electrons. The van der Waals surface area contributed by atoms with Crippen LogP contribution in [0.5, 0.6) is 0 Å². The molecule has 0 saturated carbocycles. The summed E-state index contributed by atoms with van der Waals surface area (Å²) in [5.41, 5.74) is 0.887. The Morgan fingerprint density at radius 2 is 2.31 bits per heavy atom. The lowest BCUT2D eigenvalue weighted by atomic mass is 10.1. The minimum Gasteiger partial charge on any atom is -0.370 e. The topological polar surface area (TPSA) is 57.8 Å². The summed E-state index contributed by atoms with van der Waals surface area (Å²) in [7, 11) is 0. The molecule has 3 heterocycles. The van der Waals surface area contributed by atoms with Crippen LogP contribution in [0.15, 0.2) is 4.79 Å². The summed E-state index contributed by atoms with van der Waals surface area (Å²) >= 11 is 1.89. The molecule has 4 nitrogen and oxygen atoms in total. The minimum atomic E-state index is 0.0553. The number of H-pyrrole nitrogens is 1. The van der Waals surface area contributed by atoms with E-state index in [1.165, 1.54) is 12.2 Å². The number of rotatable bonds is 1. The van der Waals surface area contributed by atoms with E-state index in [9.17, 15) is 4.79 Å². The van der Waals surface area contributed by atoms with E-state index in [2.05, 4.69) is 15.3 Å². The number of hydrogen-bond acceptors (Lipinski definition) is 4. The Labute approximate surface area is 98.2 Å². The van der Waals surface area contributed by atoms with Crippen LogP contribution in [-0.4, -0.2) is 22.3 Å². The highest BCUT2D eigenvalue weighted by molar-refractivity contribution is 7.99. The molecule has 1 fully saturated rings. The zero-order chi connectivity index (χ0) is 11.0. The second-order valence-corrected chi connectivity index (χ2v) is 5.62. The third-order valence-electron chi connectivity index (χ3n) is 3.16. The molecule has 2 aliphatic rings. The fraction of sp³-hybridized carbons (Fsp3) is 0.636. The predicted molar refractivity (Wildman–Crippen MR) is 66.1 cm³/mol. The first-order valence-corrected chi connectivity index (χ1v) is 6.88. The zero-order valence-corrected chi connectivity index (χ0v) is 9.90. The van der Waals surface area contributed by atoms with Crippen molar-refractivity contribution >= 4 is 17.6 Å². The molecule has 1 aromatic heterocycles. The maximum absolute atomic E-state index is 11.9. The van der Waals surface area contributed by atoms with Crippen LogP contribution in [0.4, 0.5) is 5.82 Å². The van der Waals surface area contributed by atoms with Crippen LogP contribution in [0.1, 0.15) is 35.9 Å². The summed E-state index contributed by atoms with van der Waals surface area (Å²) in [6.45, 7) is 0.931. The fourth-order valence-electron chi connectivity index (χ4n) is 2.31. The molecule has 16 heavy (non-hydrogen) atoms. The van der Waals surface area contributed by atoms with Crippen LogP contribution in [0.2, 0.25) is 0 Å². The van der Waals surface area contributed by atoms with E-state index in [1.807, 2.05) is 11.8 Å². The molecule has 1 aromatic rings. The van der Waals surface area contributed by atoms with Gasteiger partial charge in [0.15, 0.2) is 0 Å². The fourth-order valence-corrected chi connectivity index (χ4v) is 3.53. The summed E-state index contributed by atoms with van der Waals surface area (Å²) < 4.78 is 0.